The molecule has 0 aliphatic rings. The molecule has 5 nitrogen and oxygen atoms in total. The molecule has 1 N–H and O–H groups in total. The predicted molar refractivity (Wildman–Crippen MR) is 76.9 cm³/mol. The first-order valence-corrected chi connectivity index (χ1v) is 8.16. The zero-order chi connectivity index (χ0) is 18.4. The SMILES string of the molecule is C=C(CS(F)(F)(F)(F)F)C(=O)Oc1c(O)c2ccccc2oc1=O. The van der Waals surface area contributed by atoms with Gasteiger partial charge in [0.05, 0.1) is 5.39 Å². The van der Waals surface area contributed by atoms with Gasteiger partial charge >= 0.3 is 11.6 Å². The van der Waals surface area contributed by atoms with Crippen molar-refractivity contribution in [1.82, 2.24) is 0 Å². The van der Waals surface area contributed by atoms with Gasteiger partial charge in [0.2, 0.25) is 0 Å². The van der Waals surface area contributed by atoms with Gasteiger partial charge in [-0.2, -0.15) is 0 Å². The van der Waals surface area contributed by atoms with Gasteiger partial charge < -0.3 is 14.3 Å². The van der Waals surface area contributed by atoms with E-state index in [1.54, 1.807) is 0 Å². The minimum Gasteiger partial charge on any atom is -0.504 e. The van der Waals surface area contributed by atoms with Gasteiger partial charge in [-0.15, -0.1) is 0 Å². The average Bonchev–Trinajstić information content (AvgIpc) is 2.39. The van der Waals surface area contributed by atoms with Gasteiger partial charge in [-0.1, -0.05) is 38.1 Å². The molecule has 0 atom stereocenters. The first kappa shape index (κ1) is 17.8. The molecule has 11 heteroatoms. The number of carbonyl (C=O) groups is 1. The topological polar surface area (TPSA) is 76.7 Å². The summed E-state index contributed by atoms with van der Waals surface area (Å²) in [5.41, 5.74) is -3.08. The second kappa shape index (κ2) is 4.72. The van der Waals surface area contributed by atoms with Crippen molar-refractivity contribution < 1.29 is 38.5 Å². The molecule has 0 saturated carbocycles. The van der Waals surface area contributed by atoms with E-state index in [0.29, 0.717) is 0 Å². The van der Waals surface area contributed by atoms with Gasteiger partial charge in [-0.25, -0.2) is 9.59 Å². The lowest BCUT2D eigenvalue weighted by Crippen LogP contribution is -2.22. The number of carbonyl (C=O) groups excluding carboxylic acids is 1. The fourth-order valence-corrected chi connectivity index (χ4v) is 2.54. The lowest BCUT2D eigenvalue weighted by molar-refractivity contribution is -0.130. The number of rotatable bonds is 4. The first-order chi connectivity index (χ1) is 10.7. The van der Waals surface area contributed by atoms with Crippen LogP contribution in [-0.2, 0) is 4.79 Å². The highest BCUT2D eigenvalue weighted by Gasteiger charge is 2.64. The molecule has 0 amide bonds. The standard InChI is InChI=1S/C13H9F5O5S/c1-7(6-24(14,15,16,17)18)12(20)23-11-10(19)8-4-2-3-5-9(8)22-13(11)21/h2-5,19H,1,6H2. The molecular weight excluding hydrogens is 363 g/mol. The van der Waals surface area contributed by atoms with Crippen LogP contribution in [0.4, 0.5) is 19.4 Å². The normalized spacial score (nSPS) is 14.7. The van der Waals surface area contributed by atoms with Crippen molar-refractivity contribution in [2.45, 2.75) is 0 Å². The molecule has 0 radical (unpaired) electrons. The number of aromatic hydroxyl groups is 1. The van der Waals surface area contributed by atoms with Crippen LogP contribution in [0.5, 0.6) is 11.5 Å². The van der Waals surface area contributed by atoms with Crippen LogP contribution in [0.3, 0.4) is 0 Å². The molecule has 2 aromatic rings. The summed E-state index contributed by atoms with van der Waals surface area (Å²) >= 11 is 0. The maximum Gasteiger partial charge on any atom is 0.383 e. The van der Waals surface area contributed by atoms with E-state index in [2.05, 4.69) is 11.3 Å². The molecule has 1 aromatic heterocycles. The van der Waals surface area contributed by atoms with E-state index < -0.39 is 44.6 Å². The van der Waals surface area contributed by atoms with Crippen molar-refractivity contribution in [2.24, 2.45) is 0 Å². The van der Waals surface area contributed by atoms with E-state index in [0.717, 1.165) is 0 Å². The summed E-state index contributed by atoms with van der Waals surface area (Å²) in [6.45, 7) is 2.59. The summed E-state index contributed by atoms with van der Waals surface area (Å²) < 4.78 is 70.6. The summed E-state index contributed by atoms with van der Waals surface area (Å²) in [5, 5.41) is 9.79. The number of hydrogen-bond acceptors (Lipinski definition) is 5. The van der Waals surface area contributed by atoms with Crippen molar-refractivity contribution in [3.63, 3.8) is 0 Å². The van der Waals surface area contributed by atoms with E-state index >= 15 is 0 Å². The zero-order valence-electron chi connectivity index (χ0n) is 11.6. The zero-order valence-corrected chi connectivity index (χ0v) is 12.4. The maximum absolute atomic E-state index is 12.3. The Labute approximate surface area is 130 Å². The molecule has 0 fully saturated rings. The monoisotopic (exact) mass is 372 g/mol. The Morgan fingerprint density at radius 3 is 2.38 bits per heavy atom. The largest absolute Gasteiger partial charge is 0.504 e. The molecule has 132 valence electrons. The van der Waals surface area contributed by atoms with Gasteiger partial charge in [0.25, 0.3) is 16.0 Å². The minimum atomic E-state index is -9.94. The Morgan fingerprint density at radius 2 is 1.79 bits per heavy atom. The molecule has 0 unspecified atom stereocenters. The van der Waals surface area contributed by atoms with Crippen molar-refractivity contribution in [3.05, 3.63) is 46.8 Å². The Bertz CT molecular complexity index is 917. The fourth-order valence-electron chi connectivity index (χ4n) is 1.76. The summed E-state index contributed by atoms with van der Waals surface area (Å²) in [6.07, 6.45) is 0. The Balaban J connectivity index is 2.35. The van der Waals surface area contributed by atoms with Crippen LogP contribution in [-0.4, -0.2) is 16.8 Å². The Hall–Kier alpha value is -2.56. The van der Waals surface area contributed by atoms with Gasteiger partial charge in [-0.05, 0) is 12.1 Å². The van der Waals surface area contributed by atoms with Crippen molar-refractivity contribution in [3.8, 4) is 11.5 Å². The van der Waals surface area contributed by atoms with Gasteiger partial charge in [-0.3, -0.25) is 0 Å². The van der Waals surface area contributed by atoms with Crippen LogP contribution in [0.2, 0.25) is 0 Å². The fraction of sp³-hybridized carbons (Fsp3) is 0.0769. The minimum absolute atomic E-state index is 0.0711. The Morgan fingerprint density at radius 1 is 1.21 bits per heavy atom. The summed E-state index contributed by atoms with van der Waals surface area (Å²) in [6, 6.07) is 5.47. The van der Waals surface area contributed by atoms with Crippen LogP contribution in [0.1, 0.15) is 0 Å². The van der Waals surface area contributed by atoms with E-state index in [1.165, 1.54) is 24.3 Å². The predicted octanol–water partition coefficient (Wildman–Crippen LogP) is 4.26. The molecule has 2 rings (SSSR count). The number of esters is 1. The highest BCUT2D eigenvalue weighted by atomic mass is 32.5. The third-order valence-corrected chi connectivity index (χ3v) is 3.57. The van der Waals surface area contributed by atoms with Gasteiger partial charge in [0.15, 0.2) is 5.75 Å². The van der Waals surface area contributed by atoms with E-state index in [9.17, 15) is 34.1 Å². The molecule has 0 bridgehead atoms. The van der Waals surface area contributed by atoms with E-state index in [4.69, 9.17) is 4.42 Å². The summed E-state index contributed by atoms with van der Waals surface area (Å²) in [5.74, 6) is -6.82. The quantitative estimate of drug-likeness (QED) is 0.376. The second-order valence-corrected chi connectivity index (χ2v) is 7.38. The highest BCUT2D eigenvalue weighted by Crippen LogP contribution is 2.98. The number of para-hydroxylation sites is 1. The smallest absolute Gasteiger partial charge is 0.383 e. The molecule has 0 saturated heterocycles. The van der Waals surface area contributed by atoms with E-state index in [-0.39, 0.29) is 11.0 Å². The lowest BCUT2D eigenvalue weighted by Gasteiger charge is -2.40. The van der Waals surface area contributed by atoms with Crippen LogP contribution < -0.4 is 10.4 Å². The van der Waals surface area contributed by atoms with Crippen LogP contribution >= 0.6 is 10.2 Å². The van der Waals surface area contributed by atoms with E-state index in [1.807, 2.05) is 0 Å². The molecule has 1 aromatic carbocycles. The lowest BCUT2D eigenvalue weighted by atomic mass is 10.2. The van der Waals surface area contributed by atoms with Crippen molar-refractivity contribution in [1.29, 1.82) is 0 Å². The molecule has 0 aliphatic heterocycles. The van der Waals surface area contributed by atoms with Gasteiger partial charge in [0.1, 0.15) is 11.3 Å². The summed E-state index contributed by atoms with van der Waals surface area (Å²) in [4.78, 5) is 23.1. The molecule has 0 spiro atoms. The molecular formula is C13H9F5O5S. The molecule has 0 aliphatic carbocycles. The second-order valence-electron chi connectivity index (χ2n) is 4.83. The first-order valence-electron chi connectivity index (χ1n) is 6.04. The number of halogens is 5. The van der Waals surface area contributed by atoms with Gasteiger partial charge in [0, 0.05) is 5.57 Å². The number of fused-ring (bicyclic) bond motifs is 1. The van der Waals surface area contributed by atoms with Crippen molar-refractivity contribution in [2.75, 3.05) is 5.75 Å². The Kier molecular flexibility index (Phi) is 3.50. The average molecular weight is 372 g/mol. The van der Waals surface area contributed by atoms with Crippen LogP contribution in [0, 0.1) is 0 Å². The summed E-state index contributed by atoms with van der Waals surface area (Å²) in [7, 11) is -9.94. The van der Waals surface area contributed by atoms with Crippen LogP contribution in [0.25, 0.3) is 11.0 Å². The number of benzene rings is 1. The molecule has 24 heavy (non-hydrogen) atoms. The third-order valence-electron chi connectivity index (χ3n) is 2.68. The number of hydrogen-bond donors (Lipinski definition) is 1. The van der Waals surface area contributed by atoms with Crippen LogP contribution in [0.15, 0.2) is 45.6 Å². The van der Waals surface area contributed by atoms with Crippen molar-refractivity contribution >= 4 is 27.2 Å². The third kappa shape index (κ3) is 4.25. The highest BCUT2D eigenvalue weighted by molar-refractivity contribution is 8.45. The maximum atomic E-state index is 12.3. The number of ether oxygens (including phenoxy) is 1. The molecule has 1 heterocycles.